The fourth-order valence-electron chi connectivity index (χ4n) is 2.65. The topological polar surface area (TPSA) is 93.1 Å². The Morgan fingerprint density at radius 2 is 1.93 bits per heavy atom. The molecule has 0 aromatic heterocycles. The number of halogens is 1. The summed E-state index contributed by atoms with van der Waals surface area (Å²) in [5, 5.41) is 8.51. The molecule has 9 heteroatoms. The maximum Gasteiger partial charge on any atom is 0.341 e. The number of methoxy groups -OCH3 is 1. The Morgan fingerprint density at radius 3 is 2.59 bits per heavy atom. The average molecular weight is 478 g/mol. The van der Waals surface area contributed by atoms with Crippen LogP contribution < -0.4 is 9.47 Å². The molecule has 0 saturated carbocycles. The highest BCUT2D eigenvalue weighted by molar-refractivity contribution is 9.10. The fraction of sp³-hybridized carbons (Fsp3) is 0.150. The van der Waals surface area contributed by atoms with Crippen LogP contribution in [0.15, 0.2) is 51.8 Å². The molecule has 0 aliphatic carbocycles. The number of ether oxygens (including phenoxy) is 2. The van der Waals surface area contributed by atoms with Gasteiger partial charge in [0.1, 0.15) is 0 Å². The number of hydrogen-bond donors (Lipinski definition) is 1. The lowest BCUT2D eigenvalue weighted by Gasteiger charge is -2.13. The third-order valence-corrected chi connectivity index (χ3v) is 5.42. The van der Waals surface area contributed by atoms with Crippen molar-refractivity contribution in [3.05, 3.63) is 63.0 Å². The zero-order valence-electron chi connectivity index (χ0n) is 15.3. The minimum absolute atomic E-state index is 0.162. The highest BCUT2D eigenvalue weighted by Gasteiger charge is 2.35. The quantitative estimate of drug-likeness (QED) is 0.598. The van der Waals surface area contributed by atoms with Gasteiger partial charge in [0.25, 0.3) is 11.1 Å². The summed E-state index contributed by atoms with van der Waals surface area (Å²) in [4.78, 5) is 37.4. The molecule has 0 atom stereocenters. The summed E-state index contributed by atoms with van der Waals surface area (Å²) in [7, 11) is 1.43. The maximum atomic E-state index is 12.8. The van der Waals surface area contributed by atoms with E-state index in [1.807, 2.05) is 24.3 Å². The van der Waals surface area contributed by atoms with E-state index in [0.717, 1.165) is 26.7 Å². The van der Waals surface area contributed by atoms with Crippen molar-refractivity contribution in [2.45, 2.75) is 6.54 Å². The van der Waals surface area contributed by atoms with E-state index in [9.17, 15) is 14.4 Å². The van der Waals surface area contributed by atoms with Gasteiger partial charge in [-0.15, -0.1) is 0 Å². The Morgan fingerprint density at radius 1 is 1.21 bits per heavy atom. The number of hydrogen-bond acceptors (Lipinski definition) is 6. The molecule has 2 aromatic carbocycles. The number of imide groups is 1. The molecule has 0 unspecified atom stereocenters. The lowest BCUT2D eigenvalue weighted by Crippen LogP contribution is -2.27. The molecule has 1 aliphatic rings. The molecule has 2 amide bonds. The maximum absolute atomic E-state index is 12.8. The van der Waals surface area contributed by atoms with Gasteiger partial charge in [-0.1, -0.05) is 40.2 Å². The Balaban J connectivity index is 1.87. The number of para-hydroxylation sites is 1. The first-order chi connectivity index (χ1) is 13.9. The number of amides is 2. The van der Waals surface area contributed by atoms with Crippen LogP contribution in [0.2, 0.25) is 0 Å². The number of aliphatic carboxylic acids is 1. The lowest BCUT2D eigenvalue weighted by molar-refractivity contribution is -0.139. The lowest BCUT2D eigenvalue weighted by atomic mass is 10.1. The van der Waals surface area contributed by atoms with E-state index in [4.69, 9.17) is 14.6 Å². The van der Waals surface area contributed by atoms with Crippen molar-refractivity contribution in [1.29, 1.82) is 0 Å². The van der Waals surface area contributed by atoms with E-state index in [2.05, 4.69) is 15.9 Å². The van der Waals surface area contributed by atoms with Crippen LogP contribution in [0.1, 0.15) is 11.1 Å². The van der Waals surface area contributed by atoms with Crippen LogP contribution in [0.5, 0.6) is 11.5 Å². The summed E-state index contributed by atoms with van der Waals surface area (Å²) in [6, 6.07) is 12.3. The van der Waals surface area contributed by atoms with Crippen LogP contribution in [0.4, 0.5) is 4.79 Å². The van der Waals surface area contributed by atoms with E-state index >= 15 is 0 Å². The van der Waals surface area contributed by atoms with E-state index in [1.165, 1.54) is 13.2 Å². The summed E-state index contributed by atoms with van der Waals surface area (Å²) < 4.78 is 11.5. The van der Waals surface area contributed by atoms with Gasteiger partial charge in [0, 0.05) is 10.0 Å². The van der Waals surface area contributed by atoms with Crippen LogP contribution in [-0.2, 0) is 16.1 Å². The number of rotatable bonds is 7. The van der Waals surface area contributed by atoms with E-state index in [0.29, 0.717) is 11.3 Å². The summed E-state index contributed by atoms with van der Waals surface area (Å²) in [6.45, 7) is -0.401. The number of carboxylic acid groups (broad SMARTS) is 1. The first-order valence-electron chi connectivity index (χ1n) is 8.40. The zero-order chi connectivity index (χ0) is 21.0. The van der Waals surface area contributed by atoms with Gasteiger partial charge in [-0.25, -0.2) is 4.79 Å². The van der Waals surface area contributed by atoms with Crippen molar-refractivity contribution in [3.63, 3.8) is 0 Å². The Kier molecular flexibility index (Phi) is 6.60. The van der Waals surface area contributed by atoms with Crippen molar-refractivity contribution in [2.24, 2.45) is 0 Å². The average Bonchev–Trinajstić information content (AvgIpc) is 2.95. The van der Waals surface area contributed by atoms with Gasteiger partial charge in [-0.05, 0) is 41.6 Å². The molecule has 29 heavy (non-hydrogen) atoms. The first-order valence-corrected chi connectivity index (χ1v) is 10.0. The number of carbonyl (C=O) groups excluding carboxylic acids is 2. The predicted octanol–water partition coefficient (Wildman–Crippen LogP) is 4.16. The summed E-state index contributed by atoms with van der Waals surface area (Å²) in [5.41, 5.74) is 1.27. The minimum atomic E-state index is -1.14. The van der Waals surface area contributed by atoms with E-state index in [-0.39, 0.29) is 22.4 Å². The van der Waals surface area contributed by atoms with Gasteiger partial charge < -0.3 is 14.6 Å². The molecule has 1 heterocycles. The van der Waals surface area contributed by atoms with E-state index in [1.54, 1.807) is 18.2 Å². The standard InChI is InChI=1S/C20H16BrNO6S/c1-27-15-4-2-3-13(18(15)28-11-17(23)24)9-16-19(25)22(20(26)29-16)10-12-5-7-14(21)8-6-12/h2-9H,10-11H2,1H3,(H,23,24)/b16-9+. The third-order valence-electron chi connectivity index (χ3n) is 3.98. The number of carboxylic acids is 1. The molecule has 1 N–H and O–H groups in total. The van der Waals surface area contributed by atoms with Gasteiger partial charge >= 0.3 is 5.97 Å². The van der Waals surface area contributed by atoms with Crippen molar-refractivity contribution in [1.82, 2.24) is 4.90 Å². The molecular formula is C20H16BrNO6S. The molecular weight excluding hydrogens is 462 g/mol. The predicted molar refractivity (Wildman–Crippen MR) is 112 cm³/mol. The normalized spacial score (nSPS) is 15.1. The van der Waals surface area contributed by atoms with Gasteiger partial charge in [-0.2, -0.15) is 0 Å². The van der Waals surface area contributed by atoms with Crippen molar-refractivity contribution < 1.29 is 29.0 Å². The second-order valence-corrected chi connectivity index (χ2v) is 7.86. The Labute approximate surface area is 179 Å². The highest BCUT2D eigenvalue weighted by atomic mass is 79.9. The van der Waals surface area contributed by atoms with Crippen LogP contribution >= 0.6 is 27.7 Å². The molecule has 1 fully saturated rings. The molecule has 2 aromatic rings. The Hall–Kier alpha value is -2.78. The minimum Gasteiger partial charge on any atom is -0.493 e. The molecule has 0 bridgehead atoms. The van der Waals surface area contributed by atoms with Crippen molar-refractivity contribution in [3.8, 4) is 11.5 Å². The summed E-state index contributed by atoms with van der Waals surface area (Å²) in [5.74, 6) is -1.04. The molecule has 1 saturated heterocycles. The fourth-order valence-corrected chi connectivity index (χ4v) is 3.74. The SMILES string of the molecule is COc1cccc(/C=C2/SC(=O)N(Cc3ccc(Br)cc3)C2=O)c1OCC(=O)O. The van der Waals surface area contributed by atoms with Gasteiger partial charge in [-0.3, -0.25) is 14.5 Å². The second-order valence-electron chi connectivity index (χ2n) is 5.96. The molecule has 0 spiro atoms. The van der Waals surface area contributed by atoms with Crippen LogP contribution in [-0.4, -0.2) is 40.8 Å². The highest BCUT2D eigenvalue weighted by Crippen LogP contribution is 2.37. The van der Waals surface area contributed by atoms with E-state index < -0.39 is 18.5 Å². The first kappa shape index (κ1) is 20.9. The monoisotopic (exact) mass is 477 g/mol. The molecule has 7 nitrogen and oxygen atoms in total. The van der Waals surface area contributed by atoms with Crippen LogP contribution in [0.25, 0.3) is 6.08 Å². The van der Waals surface area contributed by atoms with Crippen LogP contribution in [0, 0.1) is 0 Å². The summed E-state index contributed by atoms with van der Waals surface area (Å²) >= 11 is 4.17. The molecule has 3 rings (SSSR count). The third kappa shape index (κ3) is 4.99. The molecule has 150 valence electrons. The number of benzene rings is 2. The van der Waals surface area contributed by atoms with Crippen LogP contribution in [0.3, 0.4) is 0 Å². The largest absolute Gasteiger partial charge is 0.493 e. The summed E-state index contributed by atoms with van der Waals surface area (Å²) in [6.07, 6.45) is 1.51. The molecule has 1 aliphatic heterocycles. The number of nitrogens with zero attached hydrogens (tertiary/aromatic N) is 1. The van der Waals surface area contributed by atoms with Gasteiger partial charge in [0.2, 0.25) is 0 Å². The smallest absolute Gasteiger partial charge is 0.341 e. The van der Waals surface area contributed by atoms with Crippen molar-refractivity contribution >= 4 is 50.9 Å². The number of carbonyl (C=O) groups is 3. The van der Waals surface area contributed by atoms with Gasteiger partial charge in [0.05, 0.1) is 18.6 Å². The van der Waals surface area contributed by atoms with Crippen molar-refractivity contribution in [2.75, 3.05) is 13.7 Å². The number of thioether (sulfide) groups is 1. The Bertz CT molecular complexity index is 989. The second kappa shape index (κ2) is 9.15. The van der Waals surface area contributed by atoms with Gasteiger partial charge in [0.15, 0.2) is 18.1 Å². The molecule has 0 radical (unpaired) electrons. The zero-order valence-corrected chi connectivity index (χ0v) is 17.7.